The number of hydrogen-bond donors (Lipinski definition) is 1. The predicted molar refractivity (Wildman–Crippen MR) is 80.6 cm³/mol. The molecule has 116 valence electrons. The maximum atomic E-state index is 13.5. The first-order valence-electron chi connectivity index (χ1n) is 6.20. The summed E-state index contributed by atoms with van der Waals surface area (Å²) in [6.07, 6.45) is 0.967. The van der Waals surface area contributed by atoms with Crippen LogP contribution in [0.25, 0.3) is 0 Å². The van der Waals surface area contributed by atoms with E-state index in [-0.39, 0.29) is 10.6 Å². The fourth-order valence-electron chi connectivity index (χ4n) is 1.82. The van der Waals surface area contributed by atoms with E-state index in [1.54, 1.807) is 13.0 Å². The zero-order chi connectivity index (χ0) is 16.5. The van der Waals surface area contributed by atoms with E-state index in [4.69, 9.17) is 0 Å². The molecule has 0 spiro atoms. The Morgan fingerprint density at radius 1 is 1.18 bits per heavy atom. The number of aryl methyl sites for hydroxylation is 1. The number of rotatable bonds is 4. The Morgan fingerprint density at radius 3 is 2.41 bits per heavy atom. The first-order valence-corrected chi connectivity index (χ1v) is 8.09. The third-order valence-electron chi connectivity index (χ3n) is 3.04. The van der Waals surface area contributed by atoms with Crippen LogP contribution in [0.5, 0.6) is 0 Å². The number of nitrogens with one attached hydrogen (secondary N) is 1. The summed E-state index contributed by atoms with van der Waals surface area (Å²) in [5.74, 6) is -0.444. The summed E-state index contributed by atoms with van der Waals surface area (Å²) in [7, 11) is -3.55. The molecule has 6 nitrogen and oxygen atoms in total. The summed E-state index contributed by atoms with van der Waals surface area (Å²) in [6.45, 7) is 1.60. The van der Waals surface area contributed by atoms with Crippen LogP contribution in [0.3, 0.4) is 0 Å². The van der Waals surface area contributed by atoms with Crippen molar-refractivity contribution < 1.29 is 17.7 Å². The van der Waals surface area contributed by atoms with E-state index in [1.165, 1.54) is 24.3 Å². The van der Waals surface area contributed by atoms with Gasteiger partial charge in [-0.3, -0.25) is 10.1 Å². The molecule has 1 N–H and O–H groups in total. The molecule has 0 aliphatic carbocycles. The van der Waals surface area contributed by atoms with Gasteiger partial charge in [0.1, 0.15) is 11.5 Å². The molecule has 0 amide bonds. The van der Waals surface area contributed by atoms with Gasteiger partial charge in [0.25, 0.3) is 5.69 Å². The topological polar surface area (TPSA) is 89.3 Å². The molecule has 2 aromatic rings. The van der Waals surface area contributed by atoms with Gasteiger partial charge in [0.15, 0.2) is 9.84 Å². The molecular formula is C14H13FN2O4S. The molecule has 0 fully saturated rings. The van der Waals surface area contributed by atoms with Gasteiger partial charge < -0.3 is 5.32 Å². The van der Waals surface area contributed by atoms with Gasteiger partial charge in [-0.1, -0.05) is 6.07 Å². The lowest BCUT2D eigenvalue weighted by Gasteiger charge is -2.09. The fraction of sp³-hybridized carbons (Fsp3) is 0.143. The Labute approximate surface area is 126 Å². The van der Waals surface area contributed by atoms with Crippen LogP contribution in [0.4, 0.5) is 21.5 Å². The van der Waals surface area contributed by atoms with Gasteiger partial charge in [0, 0.05) is 18.0 Å². The zero-order valence-electron chi connectivity index (χ0n) is 11.8. The lowest BCUT2D eigenvalue weighted by atomic mass is 10.2. The van der Waals surface area contributed by atoms with E-state index < -0.39 is 26.3 Å². The third kappa shape index (κ3) is 3.40. The van der Waals surface area contributed by atoms with Crippen molar-refractivity contribution in [3.05, 3.63) is 57.9 Å². The van der Waals surface area contributed by atoms with Crippen LogP contribution in [-0.4, -0.2) is 19.6 Å². The maximum Gasteiger partial charge on any atom is 0.293 e. The van der Waals surface area contributed by atoms with Crippen LogP contribution in [-0.2, 0) is 9.84 Å². The minimum Gasteiger partial charge on any atom is -0.350 e. The molecule has 2 aromatic carbocycles. The molecular weight excluding hydrogens is 311 g/mol. The van der Waals surface area contributed by atoms with Crippen molar-refractivity contribution in [1.29, 1.82) is 0 Å². The Morgan fingerprint density at radius 2 is 1.86 bits per heavy atom. The van der Waals surface area contributed by atoms with Crippen LogP contribution < -0.4 is 5.32 Å². The standard InChI is InChI=1S/C14H13FN2O4S/c1-9-3-4-10(7-12(9)15)16-13-6-5-11(22(2,20)21)8-14(13)17(18)19/h3-8,16H,1-2H3. The summed E-state index contributed by atoms with van der Waals surface area (Å²) < 4.78 is 36.4. The minimum atomic E-state index is -3.55. The molecule has 22 heavy (non-hydrogen) atoms. The Hall–Kier alpha value is -2.48. The Bertz CT molecular complexity index is 850. The van der Waals surface area contributed by atoms with Crippen molar-refractivity contribution in [1.82, 2.24) is 0 Å². The number of halogens is 1. The first-order chi connectivity index (χ1) is 10.2. The molecule has 8 heteroatoms. The molecule has 0 bridgehead atoms. The predicted octanol–water partition coefficient (Wildman–Crippen LogP) is 3.19. The number of hydrogen-bond acceptors (Lipinski definition) is 5. The van der Waals surface area contributed by atoms with E-state index >= 15 is 0 Å². The normalized spacial score (nSPS) is 11.2. The summed E-state index contributed by atoms with van der Waals surface area (Å²) >= 11 is 0. The van der Waals surface area contributed by atoms with Gasteiger partial charge in [-0.05, 0) is 36.8 Å². The number of nitrogens with zero attached hydrogens (tertiary/aromatic N) is 1. The van der Waals surface area contributed by atoms with Gasteiger partial charge in [-0.2, -0.15) is 0 Å². The van der Waals surface area contributed by atoms with Gasteiger partial charge in [0.2, 0.25) is 0 Å². The highest BCUT2D eigenvalue weighted by atomic mass is 32.2. The molecule has 0 unspecified atom stereocenters. The van der Waals surface area contributed by atoms with Crippen LogP contribution >= 0.6 is 0 Å². The van der Waals surface area contributed by atoms with Gasteiger partial charge >= 0.3 is 0 Å². The molecule has 0 saturated heterocycles. The van der Waals surface area contributed by atoms with E-state index in [1.807, 2.05) is 0 Å². The molecule has 0 atom stereocenters. The van der Waals surface area contributed by atoms with Gasteiger partial charge in [-0.25, -0.2) is 12.8 Å². The van der Waals surface area contributed by atoms with Crippen LogP contribution in [0.1, 0.15) is 5.56 Å². The average molecular weight is 324 g/mol. The number of benzene rings is 2. The van der Waals surface area contributed by atoms with Crippen molar-refractivity contribution in [2.24, 2.45) is 0 Å². The summed E-state index contributed by atoms with van der Waals surface area (Å²) in [6, 6.07) is 7.84. The van der Waals surface area contributed by atoms with Crippen molar-refractivity contribution in [3.63, 3.8) is 0 Å². The molecule has 0 radical (unpaired) electrons. The lowest BCUT2D eigenvalue weighted by Crippen LogP contribution is -2.02. The number of sulfone groups is 1. The molecule has 0 saturated carbocycles. The summed E-state index contributed by atoms with van der Waals surface area (Å²) in [5, 5.41) is 13.8. The molecule has 0 aliphatic rings. The van der Waals surface area contributed by atoms with Crippen LogP contribution in [0.15, 0.2) is 41.3 Å². The highest BCUT2D eigenvalue weighted by Crippen LogP contribution is 2.30. The number of nitro groups is 1. The first kappa shape index (κ1) is 15.9. The van der Waals surface area contributed by atoms with E-state index in [0.29, 0.717) is 11.3 Å². The van der Waals surface area contributed by atoms with Crippen LogP contribution in [0.2, 0.25) is 0 Å². The monoisotopic (exact) mass is 324 g/mol. The lowest BCUT2D eigenvalue weighted by molar-refractivity contribution is -0.384. The SMILES string of the molecule is Cc1ccc(Nc2ccc(S(C)(=O)=O)cc2[N+](=O)[O-])cc1F. The Balaban J connectivity index is 2.46. The fourth-order valence-corrected chi connectivity index (χ4v) is 2.47. The van der Waals surface area contributed by atoms with Gasteiger partial charge in [-0.15, -0.1) is 0 Å². The molecule has 0 heterocycles. The second-order valence-electron chi connectivity index (χ2n) is 4.80. The molecule has 0 aliphatic heterocycles. The van der Waals surface area contributed by atoms with Crippen molar-refractivity contribution >= 4 is 26.9 Å². The minimum absolute atomic E-state index is 0.0839. The average Bonchev–Trinajstić information content (AvgIpc) is 2.42. The Kier molecular flexibility index (Phi) is 4.14. The summed E-state index contributed by atoms with van der Waals surface area (Å²) in [4.78, 5) is 10.3. The largest absolute Gasteiger partial charge is 0.350 e. The van der Waals surface area contributed by atoms with E-state index in [2.05, 4.69) is 5.32 Å². The highest BCUT2D eigenvalue weighted by molar-refractivity contribution is 7.90. The van der Waals surface area contributed by atoms with E-state index in [0.717, 1.165) is 12.3 Å². The van der Waals surface area contributed by atoms with Crippen molar-refractivity contribution in [3.8, 4) is 0 Å². The van der Waals surface area contributed by atoms with Crippen LogP contribution in [0, 0.1) is 22.9 Å². The highest BCUT2D eigenvalue weighted by Gasteiger charge is 2.19. The van der Waals surface area contributed by atoms with Gasteiger partial charge in [0.05, 0.1) is 9.82 Å². The maximum absolute atomic E-state index is 13.5. The zero-order valence-corrected chi connectivity index (χ0v) is 12.6. The third-order valence-corrected chi connectivity index (χ3v) is 4.16. The van der Waals surface area contributed by atoms with Crippen molar-refractivity contribution in [2.75, 3.05) is 11.6 Å². The van der Waals surface area contributed by atoms with E-state index in [9.17, 15) is 22.9 Å². The molecule has 0 aromatic heterocycles. The van der Waals surface area contributed by atoms with Crippen molar-refractivity contribution in [2.45, 2.75) is 11.8 Å². The quantitative estimate of drug-likeness (QED) is 0.689. The second kappa shape index (κ2) is 5.72. The number of anilines is 2. The second-order valence-corrected chi connectivity index (χ2v) is 6.81. The summed E-state index contributed by atoms with van der Waals surface area (Å²) in [5.41, 5.74) is 0.468. The molecule has 2 rings (SSSR count). The number of nitro benzene ring substituents is 1. The smallest absolute Gasteiger partial charge is 0.293 e.